The average molecular weight is 293 g/mol. The highest BCUT2D eigenvalue weighted by Crippen LogP contribution is 2.19. The van der Waals surface area contributed by atoms with Crippen molar-refractivity contribution < 1.29 is 0 Å². The van der Waals surface area contributed by atoms with Crippen molar-refractivity contribution >= 4 is 21.6 Å². The van der Waals surface area contributed by atoms with Crippen LogP contribution in [0.15, 0.2) is 16.5 Å². The van der Waals surface area contributed by atoms with E-state index in [1.807, 2.05) is 12.3 Å². The quantitative estimate of drug-likeness (QED) is 0.862. The zero-order valence-corrected chi connectivity index (χ0v) is 13.5. The summed E-state index contributed by atoms with van der Waals surface area (Å²) in [6.45, 7) is 10.2. The first-order valence-corrected chi connectivity index (χ1v) is 7.95. The maximum absolute atomic E-state index is 12.3. The second-order valence-corrected chi connectivity index (χ2v) is 7.10. The van der Waals surface area contributed by atoms with E-state index < -0.39 is 0 Å². The molecule has 0 spiro atoms. The number of fused-ring (bicyclic) bond motifs is 1. The molecule has 0 saturated carbocycles. The number of nitrogens with zero attached hydrogens (tertiary/aromatic N) is 2. The number of rotatable bonds is 5. The van der Waals surface area contributed by atoms with E-state index in [0.29, 0.717) is 0 Å². The van der Waals surface area contributed by atoms with Gasteiger partial charge in [-0.25, -0.2) is 4.98 Å². The molecule has 5 heteroatoms. The lowest BCUT2D eigenvalue weighted by Crippen LogP contribution is -2.36. The summed E-state index contributed by atoms with van der Waals surface area (Å²) < 4.78 is 2.51. The van der Waals surface area contributed by atoms with Gasteiger partial charge in [0.25, 0.3) is 5.56 Å². The van der Waals surface area contributed by atoms with Crippen LogP contribution < -0.4 is 10.9 Å². The maximum Gasteiger partial charge on any atom is 0.271 e. The Balaban J connectivity index is 1.94. The number of thiophene rings is 1. The molecule has 0 aromatic carbocycles. The van der Waals surface area contributed by atoms with Crippen molar-refractivity contribution in [1.82, 2.24) is 14.9 Å². The van der Waals surface area contributed by atoms with Crippen LogP contribution in [-0.4, -0.2) is 21.6 Å². The van der Waals surface area contributed by atoms with Gasteiger partial charge in [-0.2, -0.15) is 0 Å². The maximum atomic E-state index is 12.3. The number of nitrogens with one attached hydrogen (secondary N) is 1. The zero-order valence-electron chi connectivity index (χ0n) is 12.7. The monoisotopic (exact) mass is 293 g/mol. The van der Waals surface area contributed by atoms with Crippen LogP contribution >= 0.6 is 11.3 Å². The average Bonchev–Trinajstić information content (AvgIpc) is 2.73. The highest BCUT2D eigenvalue weighted by atomic mass is 32.1. The van der Waals surface area contributed by atoms with Gasteiger partial charge >= 0.3 is 0 Å². The standard InChI is InChI=1S/C15H23N3OS/c1-11-9-20-13-12(11)16-10-18(14(13)19)8-6-5-7-17-15(2,3)4/h9-10,17H,5-8H2,1-4H3. The van der Waals surface area contributed by atoms with Crippen LogP contribution in [0.2, 0.25) is 0 Å². The third kappa shape index (κ3) is 3.67. The number of aromatic nitrogens is 2. The number of unbranched alkanes of at least 4 members (excludes halogenated alkanes) is 1. The van der Waals surface area contributed by atoms with Gasteiger partial charge in [-0.15, -0.1) is 11.3 Å². The van der Waals surface area contributed by atoms with Crippen molar-refractivity contribution in [3.63, 3.8) is 0 Å². The van der Waals surface area contributed by atoms with Crippen LogP contribution in [0.4, 0.5) is 0 Å². The molecule has 2 aromatic heterocycles. The van der Waals surface area contributed by atoms with Crippen LogP contribution in [0.1, 0.15) is 39.2 Å². The summed E-state index contributed by atoms with van der Waals surface area (Å²) in [5, 5.41) is 5.45. The summed E-state index contributed by atoms with van der Waals surface area (Å²) in [5.41, 5.74) is 2.19. The second kappa shape index (κ2) is 6.06. The molecule has 0 radical (unpaired) electrons. The van der Waals surface area contributed by atoms with E-state index in [0.717, 1.165) is 41.7 Å². The van der Waals surface area contributed by atoms with Crippen molar-refractivity contribution in [2.24, 2.45) is 0 Å². The van der Waals surface area contributed by atoms with Crippen LogP contribution in [-0.2, 0) is 6.54 Å². The highest BCUT2D eigenvalue weighted by molar-refractivity contribution is 7.17. The van der Waals surface area contributed by atoms with Crippen LogP contribution in [0.3, 0.4) is 0 Å². The molecule has 2 rings (SSSR count). The molecule has 0 fully saturated rings. The van der Waals surface area contributed by atoms with E-state index in [1.54, 1.807) is 10.9 Å². The molecule has 0 unspecified atom stereocenters. The minimum atomic E-state index is 0.0943. The van der Waals surface area contributed by atoms with E-state index in [4.69, 9.17) is 0 Å². The molecular weight excluding hydrogens is 270 g/mol. The SMILES string of the molecule is Cc1csc2c(=O)n(CCCCNC(C)(C)C)cnc12. The first kappa shape index (κ1) is 15.2. The van der Waals surface area contributed by atoms with Crippen molar-refractivity contribution in [2.45, 2.75) is 52.6 Å². The molecule has 0 bridgehead atoms. The molecule has 4 nitrogen and oxygen atoms in total. The normalized spacial score (nSPS) is 12.2. The van der Waals surface area contributed by atoms with Crippen molar-refractivity contribution in [1.29, 1.82) is 0 Å². The van der Waals surface area contributed by atoms with E-state index in [2.05, 4.69) is 31.1 Å². The van der Waals surface area contributed by atoms with E-state index >= 15 is 0 Å². The molecule has 2 aromatic rings. The van der Waals surface area contributed by atoms with Gasteiger partial charge in [0.1, 0.15) is 4.70 Å². The fourth-order valence-electron chi connectivity index (χ4n) is 2.09. The van der Waals surface area contributed by atoms with Gasteiger partial charge in [0, 0.05) is 12.1 Å². The van der Waals surface area contributed by atoms with Gasteiger partial charge in [0.15, 0.2) is 0 Å². The molecule has 0 amide bonds. The first-order valence-electron chi connectivity index (χ1n) is 7.07. The van der Waals surface area contributed by atoms with E-state index in [1.165, 1.54) is 11.3 Å². The molecule has 0 aliphatic rings. The Bertz CT molecular complexity index is 637. The van der Waals surface area contributed by atoms with Crippen LogP contribution in [0.25, 0.3) is 10.2 Å². The predicted molar refractivity (Wildman–Crippen MR) is 85.6 cm³/mol. The van der Waals surface area contributed by atoms with Gasteiger partial charge in [-0.3, -0.25) is 9.36 Å². The van der Waals surface area contributed by atoms with Gasteiger partial charge < -0.3 is 5.32 Å². The molecular formula is C15H23N3OS. The molecule has 110 valence electrons. The Morgan fingerprint density at radius 2 is 2.10 bits per heavy atom. The van der Waals surface area contributed by atoms with E-state index in [9.17, 15) is 4.79 Å². The summed E-state index contributed by atoms with van der Waals surface area (Å²) in [5.74, 6) is 0. The highest BCUT2D eigenvalue weighted by Gasteiger charge is 2.09. The third-order valence-electron chi connectivity index (χ3n) is 3.20. The molecule has 20 heavy (non-hydrogen) atoms. The fourth-order valence-corrected chi connectivity index (χ4v) is 3.04. The van der Waals surface area contributed by atoms with Crippen molar-refractivity contribution in [2.75, 3.05) is 6.54 Å². The minimum Gasteiger partial charge on any atom is -0.312 e. The second-order valence-electron chi connectivity index (χ2n) is 6.22. The van der Waals surface area contributed by atoms with Gasteiger partial charge in [-0.1, -0.05) is 0 Å². The van der Waals surface area contributed by atoms with Crippen LogP contribution in [0, 0.1) is 6.92 Å². The van der Waals surface area contributed by atoms with Crippen molar-refractivity contribution in [3.05, 3.63) is 27.6 Å². The van der Waals surface area contributed by atoms with Gasteiger partial charge in [0.05, 0.1) is 11.8 Å². The molecule has 0 saturated heterocycles. The Hall–Kier alpha value is -1.20. The summed E-state index contributed by atoms with van der Waals surface area (Å²) in [4.78, 5) is 16.7. The van der Waals surface area contributed by atoms with Crippen LogP contribution in [0.5, 0.6) is 0 Å². The van der Waals surface area contributed by atoms with Gasteiger partial charge in [-0.05, 0) is 58.0 Å². The summed E-state index contributed by atoms with van der Waals surface area (Å²) in [6.07, 6.45) is 3.73. The number of hydrogen-bond acceptors (Lipinski definition) is 4. The summed E-state index contributed by atoms with van der Waals surface area (Å²) in [6, 6.07) is 0. The summed E-state index contributed by atoms with van der Waals surface area (Å²) >= 11 is 1.49. The van der Waals surface area contributed by atoms with Gasteiger partial charge in [0.2, 0.25) is 0 Å². The Labute approximate surface area is 123 Å². The molecule has 0 aliphatic carbocycles. The largest absolute Gasteiger partial charge is 0.312 e. The summed E-state index contributed by atoms with van der Waals surface area (Å²) in [7, 11) is 0. The third-order valence-corrected chi connectivity index (χ3v) is 4.28. The first-order chi connectivity index (χ1) is 9.38. The lowest BCUT2D eigenvalue weighted by Gasteiger charge is -2.20. The number of hydrogen-bond donors (Lipinski definition) is 1. The Kier molecular flexibility index (Phi) is 4.60. The Morgan fingerprint density at radius 3 is 2.80 bits per heavy atom. The smallest absolute Gasteiger partial charge is 0.271 e. The lowest BCUT2D eigenvalue weighted by atomic mass is 10.1. The molecule has 1 N–H and O–H groups in total. The molecule has 0 aliphatic heterocycles. The van der Waals surface area contributed by atoms with E-state index in [-0.39, 0.29) is 11.1 Å². The Morgan fingerprint density at radius 1 is 1.35 bits per heavy atom. The fraction of sp³-hybridized carbons (Fsp3) is 0.600. The lowest BCUT2D eigenvalue weighted by molar-refractivity contribution is 0.413. The van der Waals surface area contributed by atoms with Crippen molar-refractivity contribution in [3.8, 4) is 0 Å². The molecule has 2 heterocycles. The topological polar surface area (TPSA) is 46.9 Å². The molecule has 0 atom stereocenters. The predicted octanol–water partition coefficient (Wildman–Crippen LogP) is 2.93. The number of aryl methyl sites for hydroxylation is 2. The minimum absolute atomic E-state index is 0.0943. The zero-order chi connectivity index (χ0) is 14.8.